The lowest BCUT2D eigenvalue weighted by Gasteiger charge is -2.16. The summed E-state index contributed by atoms with van der Waals surface area (Å²) in [6.07, 6.45) is 3.60. The third kappa shape index (κ3) is 5.89. The molecule has 1 aliphatic rings. The first-order valence-electron chi connectivity index (χ1n) is 7.79. The largest absolute Gasteiger partial charge is 0.340 e. The Morgan fingerprint density at radius 2 is 1.92 bits per heavy atom. The number of likely N-dealkylation sites (tertiary alicyclic amines) is 1. The van der Waals surface area contributed by atoms with E-state index in [1.54, 1.807) is 18.0 Å². The summed E-state index contributed by atoms with van der Waals surface area (Å²) in [7, 11) is 0. The monoisotopic (exact) mass is 399 g/mol. The summed E-state index contributed by atoms with van der Waals surface area (Å²) < 4.78 is 0. The molecular weight excluding hydrogens is 377 g/mol. The molecular formula is C18H23Cl2N3OS. The van der Waals surface area contributed by atoms with Gasteiger partial charge >= 0.3 is 0 Å². The van der Waals surface area contributed by atoms with Gasteiger partial charge in [-0.05, 0) is 17.2 Å². The SMILES string of the molecule is Cl.Cl.N[C@@H]1CN(C(=O)CSCc2cccnc2)C[C@H]1c1ccccc1. The van der Waals surface area contributed by atoms with Crippen molar-refractivity contribution in [3.8, 4) is 0 Å². The number of hydrogen-bond donors (Lipinski definition) is 1. The number of thioether (sulfide) groups is 1. The molecule has 1 aromatic carbocycles. The maximum absolute atomic E-state index is 12.4. The highest BCUT2D eigenvalue weighted by Gasteiger charge is 2.33. The van der Waals surface area contributed by atoms with Crippen LogP contribution in [0.25, 0.3) is 0 Å². The summed E-state index contributed by atoms with van der Waals surface area (Å²) in [6.45, 7) is 1.36. The van der Waals surface area contributed by atoms with Crippen LogP contribution in [0.5, 0.6) is 0 Å². The van der Waals surface area contributed by atoms with Gasteiger partial charge in [0.2, 0.25) is 5.91 Å². The third-order valence-corrected chi connectivity index (χ3v) is 5.15. The number of carbonyl (C=O) groups is 1. The van der Waals surface area contributed by atoms with Crippen LogP contribution in [0.2, 0.25) is 0 Å². The molecule has 1 fully saturated rings. The summed E-state index contributed by atoms with van der Waals surface area (Å²) >= 11 is 1.63. The highest BCUT2D eigenvalue weighted by Crippen LogP contribution is 2.27. The second kappa shape index (κ2) is 10.7. The van der Waals surface area contributed by atoms with Gasteiger partial charge in [0.1, 0.15) is 0 Å². The molecule has 2 heterocycles. The van der Waals surface area contributed by atoms with E-state index in [9.17, 15) is 4.79 Å². The Balaban J connectivity index is 0.00000156. The van der Waals surface area contributed by atoms with Crippen LogP contribution >= 0.6 is 36.6 Å². The first-order chi connectivity index (χ1) is 11.2. The lowest BCUT2D eigenvalue weighted by atomic mass is 9.95. The molecule has 136 valence electrons. The Morgan fingerprint density at radius 1 is 1.16 bits per heavy atom. The van der Waals surface area contributed by atoms with Crippen molar-refractivity contribution in [3.05, 3.63) is 66.0 Å². The molecule has 2 N–H and O–H groups in total. The van der Waals surface area contributed by atoms with Crippen LogP contribution in [0.1, 0.15) is 17.0 Å². The Morgan fingerprint density at radius 3 is 2.60 bits per heavy atom. The van der Waals surface area contributed by atoms with E-state index >= 15 is 0 Å². The van der Waals surface area contributed by atoms with Crippen molar-refractivity contribution < 1.29 is 4.79 Å². The average molecular weight is 400 g/mol. The van der Waals surface area contributed by atoms with Gasteiger partial charge < -0.3 is 10.6 Å². The summed E-state index contributed by atoms with van der Waals surface area (Å²) in [4.78, 5) is 18.4. The fourth-order valence-electron chi connectivity index (χ4n) is 2.92. The van der Waals surface area contributed by atoms with E-state index in [1.165, 1.54) is 5.56 Å². The zero-order valence-electron chi connectivity index (χ0n) is 13.8. The molecule has 0 radical (unpaired) electrons. The normalized spacial score (nSPS) is 19.0. The van der Waals surface area contributed by atoms with Crippen molar-refractivity contribution in [3.63, 3.8) is 0 Å². The number of pyridine rings is 1. The lowest BCUT2D eigenvalue weighted by Crippen LogP contribution is -2.33. The van der Waals surface area contributed by atoms with Gasteiger partial charge in [0.15, 0.2) is 0 Å². The number of benzene rings is 1. The molecule has 0 bridgehead atoms. The Kier molecular flexibility index (Phi) is 9.28. The molecule has 2 aromatic rings. The van der Waals surface area contributed by atoms with E-state index in [4.69, 9.17) is 5.73 Å². The standard InChI is InChI=1S/C18H21N3OS.2ClH/c19-17-11-21(10-16(17)15-6-2-1-3-7-15)18(22)13-23-12-14-5-4-8-20-9-14;;/h1-9,16-17H,10-13,19H2;2*1H/t16-,17+;;/m0../s1. The minimum atomic E-state index is 0. The first kappa shape index (κ1) is 21.8. The van der Waals surface area contributed by atoms with Crippen molar-refractivity contribution in [2.24, 2.45) is 5.73 Å². The molecule has 0 saturated carbocycles. The fourth-order valence-corrected chi connectivity index (χ4v) is 3.78. The zero-order chi connectivity index (χ0) is 16.1. The number of carbonyl (C=O) groups excluding carboxylic acids is 1. The van der Waals surface area contributed by atoms with Crippen LogP contribution < -0.4 is 5.73 Å². The molecule has 7 heteroatoms. The number of nitrogens with zero attached hydrogens (tertiary/aromatic N) is 2. The number of rotatable bonds is 5. The fraction of sp³-hybridized carbons (Fsp3) is 0.333. The van der Waals surface area contributed by atoms with E-state index in [0.717, 1.165) is 17.9 Å². The van der Waals surface area contributed by atoms with Gasteiger partial charge in [-0.25, -0.2) is 0 Å². The van der Waals surface area contributed by atoms with Gasteiger partial charge in [0.05, 0.1) is 5.75 Å². The minimum Gasteiger partial charge on any atom is -0.340 e. The van der Waals surface area contributed by atoms with Crippen molar-refractivity contribution in [1.82, 2.24) is 9.88 Å². The smallest absolute Gasteiger partial charge is 0.232 e. The summed E-state index contributed by atoms with van der Waals surface area (Å²) in [5.41, 5.74) is 8.61. The second-order valence-corrected chi connectivity index (χ2v) is 6.82. The molecule has 3 rings (SSSR count). The summed E-state index contributed by atoms with van der Waals surface area (Å²) in [6, 6.07) is 14.2. The predicted octanol–water partition coefficient (Wildman–Crippen LogP) is 3.11. The Hall–Kier alpha value is -1.27. The zero-order valence-corrected chi connectivity index (χ0v) is 16.2. The Labute approximate surface area is 165 Å². The Bertz CT molecular complexity index is 645. The summed E-state index contributed by atoms with van der Waals surface area (Å²) in [5, 5.41) is 0. The van der Waals surface area contributed by atoms with Crippen LogP contribution in [0.4, 0.5) is 0 Å². The van der Waals surface area contributed by atoms with Gasteiger partial charge in [-0.1, -0.05) is 36.4 Å². The number of halogens is 2. The van der Waals surface area contributed by atoms with Gasteiger partial charge in [0.25, 0.3) is 0 Å². The van der Waals surface area contributed by atoms with Crippen molar-refractivity contribution in [2.45, 2.75) is 17.7 Å². The molecule has 0 spiro atoms. The van der Waals surface area contributed by atoms with Crippen LogP contribution in [-0.4, -0.2) is 40.7 Å². The molecule has 2 atom stereocenters. The highest BCUT2D eigenvalue weighted by atomic mass is 35.5. The molecule has 1 aliphatic heterocycles. The quantitative estimate of drug-likeness (QED) is 0.838. The van der Waals surface area contributed by atoms with E-state index in [0.29, 0.717) is 12.3 Å². The minimum absolute atomic E-state index is 0. The number of amides is 1. The number of nitrogens with two attached hydrogens (primary N) is 1. The molecule has 1 saturated heterocycles. The molecule has 25 heavy (non-hydrogen) atoms. The highest BCUT2D eigenvalue weighted by molar-refractivity contribution is 7.99. The topological polar surface area (TPSA) is 59.2 Å². The van der Waals surface area contributed by atoms with E-state index < -0.39 is 0 Å². The summed E-state index contributed by atoms with van der Waals surface area (Å²) in [5.74, 6) is 1.71. The molecule has 1 aromatic heterocycles. The maximum Gasteiger partial charge on any atom is 0.232 e. The van der Waals surface area contributed by atoms with E-state index in [-0.39, 0.29) is 42.7 Å². The number of hydrogen-bond acceptors (Lipinski definition) is 4. The first-order valence-corrected chi connectivity index (χ1v) is 8.94. The van der Waals surface area contributed by atoms with E-state index in [2.05, 4.69) is 17.1 Å². The number of aromatic nitrogens is 1. The maximum atomic E-state index is 12.4. The van der Waals surface area contributed by atoms with Crippen molar-refractivity contribution in [1.29, 1.82) is 0 Å². The van der Waals surface area contributed by atoms with E-state index in [1.807, 2.05) is 41.4 Å². The second-order valence-electron chi connectivity index (χ2n) is 5.83. The van der Waals surface area contributed by atoms with Gasteiger partial charge in [0, 0.05) is 43.2 Å². The third-order valence-electron chi connectivity index (χ3n) is 4.16. The lowest BCUT2D eigenvalue weighted by molar-refractivity contribution is -0.127. The van der Waals surface area contributed by atoms with Gasteiger partial charge in [-0.3, -0.25) is 9.78 Å². The van der Waals surface area contributed by atoms with Crippen LogP contribution in [-0.2, 0) is 10.5 Å². The van der Waals surface area contributed by atoms with Crippen LogP contribution in [0.3, 0.4) is 0 Å². The van der Waals surface area contributed by atoms with Crippen LogP contribution in [0.15, 0.2) is 54.9 Å². The predicted molar refractivity (Wildman–Crippen MR) is 109 cm³/mol. The molecule has 4 nitrogen and oxygen atoms in total. The molecule has 1 amide bonds. The van der Waals surface area contributed by atoms with Crippen LogP contribution in [0, 0.1) is 0 Å². The molecule has 0 unspecified atom stereocenters. The van der Waals surface area contributed by atoms with Gasteiger partial charge in [-0.2, -0.15) is 0 Å². The average Bonchev–Trinajstić information content (AvgIpc) is 2.98. The van der Waals surface area contributed by atoms with Gasteiger partial charge in [-0.15, -0.1) is 36.6 Å². The van der Waals surface area contributed by atoms with Crippen molar-refractivity contribution >= 4 is 42.5 Å². The molecule has 0 aliphatic carbocycles. The van der Waals surface area contributed by atoms with Crippen molar-refractivity contribution in [2.75, 3.05) is 18.8 Å².